The largest absolute Gasteiger partial charge is 0.497 e. The molecule has 0 bridgehead atoms. The molecule has 2 saturated heterocycles. The normalized spacial score (nSPS) is 27.1. The highest BCUT2D eigenvalue weighted by atomic mass is 16.5. The molecule has 0 radical (unpaired) electrons. The second-order valence-electron chi connectivity index (χ2n) is 8.73. The summed E-state index contributed by atoms with van der Waals surface area (Å²) in [7, 11) is 1.68. The molecule has 2 aromatic rings. The first-order chi connectivity index (χ1) is 14.1. The molecule has 4 nitrogen and oxygen atoms in total. The van der Waals surface area contributed by atoms with Crippen molar-refractivity contribution in [2.75, 3.05) is 39.8 Å². The van der Waals surface area contributed by atoms with E-state index in [0.717, 1.165) is 37.5 Å². The van der Waals surface area contributed by atoms with E-state index < -0.39 is 5.60 Å². The Balaban J connectivity index is 1.59. The molecule has 156 valence electrons. The summed E-state index contributed by atoms with van der Waals surface area (Å²) < 4.78 is 5.33. The Kier molecular flexibility index (Phi) is 6.23. The summed E-state index contributed by atoms with van der Waals surface area (Å²) in [6.45, 7) is 7.10. The number of piperidine rings is 1. The molecule has 4 heteroatoms. The molecular weight excluding hydrogens is 360 g/mol. The van der Waals surface area contributed by atoms with Gasteiger partial charge in [0, 0.05) is 31.6 Å². The van der Waals surface area contributed by atoms with Crippen molar-refractivity contribution in [1.29, 1.82) is 0 Å². The van der Waals surface area contributed by atoms with Gasteiger partial charge in [0.25, 0.3) is 0 Å². The highest BCUT2D eigenvalue weighted by molar-refractivity contribution is 5.33. The number of hydrogen-bond acceptors (Lipinski definition) is 4. The van der Waals surface area contributed by atoms with Crippen molar-refractivity contribution in [2.24, 2.45) is 5.92 Å². The molecule has 29 heavy (non-hydrogen) atoms. The Morgan fingerprint density at radius 2 is 1.72 bits per heavy atom. The summed E-state index contributed by atoms with van der Waals surface area (Å²) in [6.07, 6.45) is 3.89. The standard InChI is InChI=1S/C25H34N2O2/c1-20(21-9-5-3-6-10-21)27-18-23(17-26-15-7-4-8-16-26)25(28,19-27)22-11-13-24(29-2)14-12-22/h3,5-6,9-14,20,23,28H,4,7-8,15-19H2,1-2H3/t20-,23+,25+/m1/s1. The molecule has 2 aliphatic rings. The summed E-state index contributed by atoms with van der Waals surface area (Å²) >= 11 is 0. The minimum absolute atomic E-state index is 0.195. The van der Waals surface area contributed by atoms with Crippen molar-refractivity contribution in [2.45, 2.75) is 37.8 Å². The predicted molar refractivity (Wildman–Crippen MR) is 117 cm³/mol. The first-order valence-corrected chi connectivity index (χ1v) is 11.0. The van der Waals surface area contributed by atoms with E-state index >= 15 is 0 Å². The van der Waals surface area contributed by atoms with Crippen LogP contribution in [-0.4, -0.2) is 54.7 Å². The molecule has 1 N–H and O–H groups in total. The quantitative estimate of drug-likeness (QED) is 0.801. The molecule has 3 atom stereocenters. The number of nitrogens with zero attached hydrogens (tertiary/aromatic N) is 2. The van der Waals surface area contributed by atoms with Crippen molar-refractivity contribution >= 4 is 0 Å². The zero-order valence-electron chi connectivity index (χ0n) is 17.8. The highest BCUT2D eigenvalue weighted by Crippen LogP contribution is 2.41. The lowest BCUT2D eigenvalue weighted by Crippen LogP contribution is -2.43. The van der Waals surface area contributed by atoms with Crippen LogP contribution in [0, 0.1) is 5.92 Å². The number of aliphatic hydroxyl groups is 1. The average Bonchev–Trinajstić information content (AvgIpc) is 3.12. The van der Waals surface area contributed by atoms with Crippen LogP contribution in [0.25, 0.3) is 0 Å². The van der Waals surface area contributed by atoms with Crippen LogP contribution in [0.1, 0.15) is 43.4 Å². The molecule has 2 heterocycles. The minimum Gasteiger partial charge on any atom is -0.497 e. The van der Waals surface area contributed by atoms with E-state index in [4.69, 9.17) is 4.74 Å². The van der Waals surface area contributed by atoms with Crippen LogP contribution in [0.2, 0.25) is 0 Å². The monoisotopic (exact) mass is 394 g/mol. The van der Waals surface area contributed by atoms with E-state index in [1.807, 2.05) is 24.3 Å². The lowest BCUT2D eigenvalue weighted by Gasteiger charge is -2.35. The Hall–Kier alpha value is -1.88. The molecule has 0 aliphatic carbocycles. The van der Waals surface area contributed by atoms with Crippen molar-refractivity contribution in [3.05, 3.63) is 65.7 Å². The molecule has 0 spiro atoms. The van der Waals surface area contributed by atoms with Crippen LogP contribution in [0.5, 0.6) is 5.75 Å². The fourth-order valence-electron chi connectivity index (χ4n) is 5.04. The minimum atomic E-state index is -0.841. The lowest BCUT2D eigenvalue weighted by molar-refractivity contribution is -0.00837. The molecule has 0 saturated carbocycles. The summed E-state index contributed by atoms with van der Waals surface area (Å²) in [6, 6.07) is 18.9. The lowest BCUT2D eigenvalue weighted by atomic mass is 9.83. The topological polar surface area (TPSA) is 35.9 Å². The Bertz CT molecular complexity index is 773. The maximum absolute atomic E-state index is 12.0. The van der Waals surface area contributed by atoms with Crippen LogP contribution in [0.3, 0.4) is 0 Å². The molecule has 0 aromatic heterocycles. The summed E-state index contributed by atoms with van der Waals surface area (Å²) in [4.78, 5) is 5.01. The SMILES string of the molecule is COc1ccc([C@@]2(O)CN([C@H](C)c3ccccc3)C[C@@H]2CN2CCCCC2)cc1. The van der Waals surface area contributed by atoms with E-state index in [9.17, 15) is 5.11 Å². The number of benzene rings is 2. The number of likely N-dealkylation sites (tertiary alicyclic amines) is 2. The summed E-state index contributed by atoms with van der Waals surface area (Å²) in [5.41, 5.74) is 1.47. The smallest absolute Gasteiger partial charge is 0.118 e. The van der Waals surface area contributed by atoms with E-state index in [-0.39, 0.29) is 12.0 Å². The number of β-amino-alcohol motifs (C(OH)–C–C–N with tert-alkyl or cyclic N) is 1. The fraction of sp³-hybridized carbons (Fsp3) is 0.520. The van der Waals surface area contributed by atoms with Gasteiger partial charge in [-0.15, -0.1) is 0 Å². The third-order valence-electron chi connectivity index (χ3n) is 6.92. The van der Waals surface area contributed by atoms with Crippen molar-refractivity contribution in [3.63, 3.8) is 0 Å². The zero-order chi connectivity index (χ0) is 20.3. The van der Waals surface area contributed by atoms with Gasteiger partial charge in [-0.05, 0) is 56.1 Å². The maximum atomic E-state index is 12.0. The van der Waals surface area contributed by atoms with Gasteiger partial charge in [-0.2, -0.15) is 0 Å². The van der Waals surface area contributed by atoms with Crippen LogP contribution >= 0.6 is 0 Å². The predicted octanol–water partition coefficient (Wildman–Crippen LogP) is 4.06. The molecule has 4 rings (SSSR count). The van der Waals surface area contributed by atoms with Gasteiger partial charge >= 0.3 is 0 Å². The molecule has 2 fully saturated rings. The molecule has 0 unspecified atom stereocenters. The van der Waals surface area contributed by atoms with E-state index in [0.29, 0.717) is 6.54 Å². The van der Waals surface area contributed by atoms with Gasteiger partial charge in [-0.25, -0.2) is 0 Å². The van der Waals surface area contributed by atoms with Gasteiger partial charge in [0.1, 0.15) is 11.4 Å². The summed E-state index contributed by atoms with van der Waals surface area (Å²) in [5.74, 6) is 1.03. The molecular formula is C25H34N2O2. The van der Waals surface area contributed by atoms with Gasteiger partial charge in [0.15, 0.2) is 0 Å². The Morgan fingerprint density at radius 1 is 1.03 bits per heavy atom. The van der Waals surface area contributed by atoms with Crippen LogP contribution in [0.4, 0.5) is 0 Å². The van der Waals surface area contributed by atoms with Crippen LogP contribution in [0.15, 0.2) is 54.6 Å². The van der Waals surface area contributed by atoms with Crippen molar-refractivity contribution in [3.8, 4) is 5.75 Å². The third-order valence-corrected chi connectivity index (χ3v) is 6.92. The first kappa shape index (κ1) is 20.4. The number of methoxy groups -OCH3 is 1. The summed E-state index contributed by atoms with van der Waals surface area (Å²) in [5, 5.41) is 12.0. The van der Waals surface area contributed by atoms with Gasteiger partial charge in [0.2, 0.25) is 0 Å². The fourth-order valence-corrected chi connectivity index (χ4v) is 5.04. The Labute approximate surface area is 175 Å². The molecule has 2 aromatic carbocycles. The Morgan fingerprint density at radius 3 is 2.38 bits per heavy atom. The van der Waals surface area contributed by atoms with Gasteiger partial charge in [-0.1, -0.05) is 48.9 Å². The first-order valence-electron chi connectivity index (χ1n) is 11.0. The third kappa shape index (κ3) is 4.35. The average molecular weight is 395 g/mol. The number of rotatable bonds is 6. The molecule has 2 aliphatic heterocycles. The van der Waals surface area contributed by atoms with E-state index in [2.05, 4.69) is 47.1 Å². The van der Waals surface area contributed by atoms with Crippen molar-refractivity contribution in [1.82, 2.24) is 9.80 Å². The number of ether oxygens (including phenoxy) is 1. The highest BCUT2D eigenvalue weighted by Gasteiger charge is 2.48. The second kappa shape index (κ2) is 8.86. The van der Waals surface area contributed by atoms with Crippen LogP contribution in [-0.2, 0) is 5.60 Å². The van der Waals surface area contributed by atoms with E-state index in [1.165, 1.54) is 24.8 Å². The van der Waals surface area contributed by atoms with Crippen LogP contribution < -0.4 is 4.74 Å². The zero-order valence-corrected chi connectivity index (χ0v) is 17.8. The number of hydrogen-bond donors (Lipinski definition) is 1. The van der Waals surface area contributed by atoms with E-state index in [1.54, 1.807) is 7.11 Å². The van der Waals surface area contributed by atoms with Gasteiger partial charge in [0.05, 0.1) is 7.11 Å². The van der Waals surface area contributed by atoms with Crippen molar-refractivity contribution < 1.29 is 9.84 Å². The van der Waals surface area contributed by atoms with Gasteiger partial charge < -0.3 is 14.7 Å². The van der Waals surface area contributed by atoms with Gasteiger partial charge in [-0.3, -0.25) is 4.90 Å². The maximum Gasteiger partial charge on any atom is 0.118 e. The second-order valence-corrected chi connectivity index (χ2v) is 8.73. The molecule has 0 amide bonds.